The molecule has 0 aromatic rings. The van der Waals surface area contributed by atoms with Crippen molar-refractivity contribution in [2.24, 2.45) is 0 Å². The predicted molar refractivity (Wildman–Crippen MR) is 56.8 cm³/mol. The van der Waals surface area contributed by atoms with Gasteiger partial charge in [-0.3, -0.25) is 0 Å². The molecule has 0 radical (unpaired) electrons. The average Bonchev–Trinajstić information content (AvgIpc) is 2.25. The van der Waals surface area contributed by atoms with E-state index in [1.807, 2.05) is 6.92 Å². The number of halogens is 5. The van der Waals surface area contributed by atoms with E-state index in [0.717, 1.165) is 19.3 Å². The second-order valence-electron chi connectivity index (χ2n) is 4.02. The van der Waals surface area contributed by atoms with E-state index in [2.05, 4.69) is 3.07 Å². The Balaban J connectivity index is 3.92. The molecule has 0 aliphatic carbocycles. The van der Waals surface area contributed by atoms with Gasteiger partial charge in [0.15, 0.2) is 0 Å². The van der Waals surface area contributed by atoms with E-state index in [4.69, 9.17) is 0 Å². The number of unbranched alkanes of at least 4 members (excludes halogenated alkanes) is 3. The molecule has 0 aromatic heterocycles. The van der Waals surface area contributed by atoms with Crippen molar-refractivity contribution in [3.05, 3.63) is 0 Å². The Morgan fingerprint density at radius 1 is 1.00 bits per heavy atom. The standard InChI is InChI=1S/C6H13O.C4H4F5.O.Sn/c1-2-3-4-5-6-7;5-3(6)1-2-4(7,8)9;;/h2-6H2,1H3;1-2H2;;/q-1;;;+1. The van der Waals surface area contributed by atoms with Gasteiger partial charge in [-0.15, -0.1) is 0 Å². The molecule has 0 unspecified atom stereocenters. The second-order valence-corrected chi connectivity index (χ2v) is 8.57. The summed E-state index contributed by atoms with van der Waals surface area (Å²) < 4.78 is 73.4. The molecular weight excluding hydrogens is 366 g/mol. The molecule has 0 rings (SSSR count). The Morgan fingerprint density at radius 2 is 1.61 bits per heavy atom. The van der Waals surface area contributed by atoms with Gasteiger partial charge in [0.05, 0.1) is 0 Å². The van der Waals surface area contributed by atoms with Crippen LogP contribution in [0.4, 0.5) is 22.0 Å². The van der Waals surface area contributed by atoms with Crippen molar-refractivity contribution in [1.82, 2.24) is 0 Å². The summed E-state index contributed by atoms with van der Waals surface area (Å²) in [4.78, 5) is 0. The van der Waals surface area contributed by atoms with Gasteiger partial charge in [0.25, 0.3) is 0 Å². The van der Waals surface area contributed by atoms with Gasteiger partial charge in [-0.25, -0.2) is 0 Å². The number of rotatable bonds is 9. The summed E-state index contributed by atoms with van der Waals surface area (Å²) in [5.74, 6) is 0. The van der Waals surface area contributed by atoms with Gasteiger partial charge in [0, 0.05) is 0 Å². The van der Waals surface area contributed by atoms with Crippen molar-refractivity contribution in [2.45, 2.75) is 55.6 Å². The first-order chi connectivity index (χ1) is 8.19. The van der Waals surface area contributed by atoms with E-state index >= 15 is 0 Å². The summed E-state index contributed by atoms with van der Waals surface area (Å²) in [6.07, 6.45) is -4.56. The summed E-state index contributed by atoms with van der Waals surface area (Å²) in [7, 11) is 0. The van der Waals surface area contributed by atoms with Gasteiger partial charge < -0.3 is 0 Å². The summed E-state index contributed by atoms with van der Waals surface area (Å²) in [6.45, 7) is 1.92. The quantitative estimate of drug-likeness (QED) is 0.342. The molecule has 0 saturated heterocycles. The molecule has 0 spiro atoms. The topological polar surface area (TPSA) is 26.3 Å². The van der Waals surface area contributed by atoms with E-state index in [1.165, 1.54) is 0 Å². The van der Waals surface area contributed by atoms with Gasteiger partial charge >= 0.3 is 110 Å². The molecule has 8 heteroatoms. The van der Waals surface area contributed by atoms with Crippen molar-refractivity contribution < 1.29 is 28.1 Å². The van der Waals surface area contributed by atoms with Crippen LogP contribution >= 0.6 is 0 Å². The van der Waals surface area contributed by atoms with E-state index < -0.39 is 43.1 Å². The number of hydrogen-bond donors (Lipinski definition) is 0. The van der Waals surface area contributed by atoms with Crippen LogP contribution in [-0.4, -0.2) is 36.9 Å². The Bertz CT molecular complexity index is 255. The van der Waals surface area contributed by atoms with Gasteiger partial charge in [-0.1, -0.05) is 0 Å². The van der Waals surface area contributed by atoms with Crippen LogP contribution in [0.2, 0.25) is 0 Å². The fourth-order valence-electron chi connectivity index (χ4n) is 1.20. The predicted octanol–water partition coefficient (Wildman–Crippen LogP) is 4.02. The van der Waals surface area contributed by atoms with Crippen LogP contribution in [0.1, 0.15) is 45.4 Å². The van der Waals surface area contributed by atoms with Gasteiger partial charge in [0.1, 0.15) is 0 Å². The molecule has 0 atom stereocenters. The van der Waals surface area contributed by atoms with Crippen molar-refractivity contribution in [2.75, 3.05) is 6.61 Å². The third-order valence-corrected chi connectivity index (χ3v) is 6.00. The van der Waals surface area contributed by atoms with E-state index in [9.17, 15) is 25.0 Å². The van der Waals surface area contributed by atoms with Crippen LogP contribution < -0.4 is 0 Å². The zero-order valence-corrected chi connectivity index (χ0v) is 13.0. The van der Waals surface area contributed by atoms with Crippen LogP contribution in [0.5, 0.6) is 0 Å². The normalized spacial score (nSPS) is 12.8. The Hall–Kier alpha value is 0.209. The summed E-state index contributed by atoms with van der Waals surface area (Å²) in [5.41, 5.74) is 0. The van der Waals surface area contributed by atoms with Gasteiger partial charge in [0.2, 0.25) is 0 Å². The molecule has 0 N–H and O–H groups in total. The zero-order chi connectivity index (χ0) is 14.2. The Morgan fingerprint density at radius 3 is 2.11 bits per heavy atom. The van der Waals surface area contributed by atoms with E-state index in [-0.39, 0.29) is 6.61 Å². The zero-order valence-electron chi connectivity index (χ0n) is 10.2. The first-order valence-corrected chi connectivity index (χ1v) is 9.56. The van der Waals surface area contributed by atoms with E-state index in [1.54, 1.807) is 0 Å². The summed E-state index contributed by atoms with van der Waals surface area (Å²) in [6, 6.07) is 0. The minimum atomic E-state index is -4.72. The monoisotopic (exact) mass is 384 g/mol. The molecule has 0 aliphatic rings. The van der Waals surface area contributed by atoms with Gasteiger partial charge in [-0.2, -0.15) is 0 Å². The maximum absolute atomic E-state index is 13.1. The van der Waals surface area contributed by atoms with Crippen LogP contribution in [-0.2, 0) is 6.15 Å². The molecule has 0 fully saturated rings. The number of hydrogen-bond acceptors (Lipinski definition) is 2. The van der Waals surface area contributed by atoms with Crippen molar-refractivity contribution in [3.63, 3.8) is 0 Å². The third kappa shape index (κ3) is 9.18. The Labute approximate surface area is 111 Å². The van der Waals surface area contributed by atoms with Crippen molar-refractivity contribution >= 4 is 20.2 Å². The second kappa shape index (κ2) is 8.39. The summed E-state index contributed by atoms with van der Waals surface area (Å²) in [5, 5.41) is 0. The van der Waals surface area contributed by atoms with E-state index in [0.29, 0.717) is 6.42 Å². The molecule has 0 amide bonds. The molecule has 0 bridgehead atoms. The first kappa shape index (κ1) is 18.2. The van der Waals surface area contributed by atoms with Crippen LogP contribution in [0.3, 0.4) is 0 Å². The molecule has 0 aliphatic heterocycles. The fraction of sp³-hybridized carbons (Fsp3) is 1.00. The third-order valence-electron chi connectivity index (χ3n) is 2.25. The molecule has 0 saturated carbocycles. The van der Waals surface area contributed by atoms with Crippen LogP contribution in [0, 0.1) is 0 Å². The molecular formula is C10H17F5O2Sn. The first-order valence-electron chi connectivity index (χ1n) is 5.81. The maximum atomic E-state index is 13.1. The molecule has 18 heavy (non-hydrogen) atoms. The van der Waals surface area contributed by atoms with Crippen molar-refractivity contribution in [1.29, 1.82) is 0 Å². The minimum absolute atomic E-state index is 0.0557. The number of alkyl halides is 5. The molecule has 0 aromatic carbocycles. The Kier molecular flexibility index (Phi) is 8.49. The van der Waals surface area contributed by atoms with Crippen LogP contribution in [0.25, 0.3) is 0 Å². The molecule has 2 nitrogen and oxygen atoms in total. The average molecular weight is 383 g/mol. The molecule has 0 heterocycles. The SMILES string of the molecule is CCCCCC[O][Sn](=[O])[C](F)(F)CCC(F)(F)F. The fourth-order valence-corrected chi connectivity index (χ4v) is 3.68. The van der Waals surface area contributed by atoms with Crippen LogP contribution in [0.15, 0.2) is 0 Å². The van der Waals surface area contributed by atoms with Crippen molar-refractivity contribution in [3.8, 4) is 0 Å². The summed E-state index contributed by atoms with van der Waals surface area (Å²) >= 11 is -4.72. The molecule has 108 valence electrons. The van der Waals surface area contributed by atoms with Gasteiger partial charge in [-0.05, 0) is 0 Å².